The monoisotopic (exact) mass is 273 g/mol. The Morgan fingerprint density at radius 1 is 1.42 bits per heavy atom. The van der Waals surface area contributed by atoms with Crippen LogP contribution in [0.25, 0.3) is 0 Å². The average molecular weight is 273 g/mol. The molecule has 0 atom stereocenters. The summed E-state index contributed by atoms with van der Waals surface area (Å²) in [6.45, 7) is 6.26. The molecular formula is C15H19N3S. The molecule has 0 amide bonds. The average Bonchev–Trinajstić information content (AvgIpc) is 2.87. The van der Waals surface area contributed by atoms with E-state index in [1.165, 1.54) is 17.5 Å². The fraction of sp³-hybridized carbons (Fsp3) is 0.400. The molecule has 19 heavy (non-hydrogen) atoms. The van der Waals surface area contributed by atoms with Gasteiger partial charge in [-0.15, -0.1) is 11.3 Å². The maximum absolute atomic E-state index is 4.32. The molecule has 0 saturated carbocycles. The molecule has 3 rings (SSSR count). The van der Waals surface area contributed by atoms with E-state index in [9.17, 15) is 0 Å². The van der Waals surface area contributed by atoms with Gasteiger partial charge >= 0.3 is 0 Å². The van der Waals surface area contributed by atoms with Gasteiger partial charge in [0.05, 0.1) is 0 Å². The van der Waals surface area contributed by atoms with Crippen molar-refractivity contribution in [2.45, 2.75) is 26.4 Å². The maximum Gasteiger partial charge on any atom is 0.126 e. The predicted molar refractivity (Wildman–Crippen MR) is 80.5 cm³/mol. The Morgan fingerprint density at radius 2 is 2.37 bits per heavy atom. The van der Waals surface area contributed by atoms with Crippen LogP contribution in [0.1, 0.15) is 22.9 Å². The highest BCUT2D eigenvalue weighted by Crippen LogP contribution is 2.25. The molecule has 0 radical (unpaired) electrons. The molecule has 4 heteroatoms. The second-order valence-corrected chi connectivity index (χ2v) is 5.91. The minimum atomic E-state index is 0.915. The van der Waals surface area contributed by atoms with Crippen molar-refractivity contribution in [2.24, 2.45) is 0 Å². The molecule has 2 aromatic rings. The van der Waals surface area contributed by atoms with Crippen molar-refractivity contribution in [3.63, 3.8) is 0 Å². The molecule has 0 aliphatic carbocycles. The lowest BCUT2D eigenvalue weighted by Gasteiger charge is -2.26. The number of thiophene rings is 1. The van der Waals surface area contributed by atoms with Gasteiger partial charge in [-0.05, 0) is 48.1 Å². The summed E-state index contributed by atoms with van der Waals surface area (Å²) in [4.78, 5) is 8.40. The van der Waals surface area contributed by atoms with E-state index < -0.39 is 0 Å². The van der Waals surface area contributed by atoms with Crippen LogP contribution in [-0.2, 0) is 19.5 Å². The highest BCUT2D eigenvalue weighted by atomic mass is 32.1. The van der Waals surface area contributed by atoms with Gasteiger partial charge in [0.1, 0.15) is 5.82 Å². The van der Waals surface area contributed by atoms with Crippen molar-refractivity contribution in [1.29, 1.82) is 0 Å². The summed E-state index contributed by atoms with van der Waals surface area (Å²) in [6.07, 6.45) is 3.09. The summed E-state index contributed by atoms with van der Waals surface area (Å²) in [5, 5.41) is 5.48. The van der Waals surface area contributed by atoms with Crippen LogP contribution in [0.3, 0.4) is 0 Å². The molecule has 2 aromatic heterocycles. The van der Waals surface area contributed by atoms with Gasteiger partial charge in [0, 0.05) is 37.3 Å². The number of anilines is 1. The van der Waals surface area contributed by atoms with E-state index in [1.54, 1.807) is 4.88 Å². The van der Waals surface area contributed by atoms with Crippen LogP contribution in [0.15, 0.2) is 29.8 Å². The first-order valence-electron chi connectivity index (χ1n) is 6.81. The Morgan fingerprint density at radius 3 is 3.26 bits per heavy atom. The molecule has 1 aliphatic heterocycles. The molecule has 0 spiro atoms. The van der Waals surface area contributed by atoms with Crippen LogP contribution in [0, 0.1) is 0 Å². The van der Waals surface area contributed by atoms with Crippen LogP contribution >= 0.6 is 11.3 Å². The van der Waals surface area contributed by atoms with E-state index in [-0.39, 0.29) is 0 Å². The normalized spacial score (nSPS) is 15.2. The first-order chi connectivity index (χ1) is 9.35. The summed E-state index contributed by atoms with van der Waals surface area (Å²) in [6, 6.07) is 6.54. The van der Waals surface area contributed by atoms with Crippen molar-refractivity contribution >= 4 is 17.2 Å². The SMILES string of the molecule is CCNc1cc(CN2CCc3sccc3C2)ccn1. The van der Waals surface area contributed by atoms with Gasteiger partial charge in [-0.25, -0.2) is 4.98 Å². The van der Waals surface area contributed by atoms with E-state index in [0.717, 1.165) is 32.0 Å². The fourth-order valence-electron chi connectivity index (χ4n) is 2.55. The van der Waals surface area contributed by atoms with E-state index in [1.807, 2.05) is 17.5 Å². The Labute approximate surface area is 118 Å². The maximum atomic E-state index is 4.32. The van der Waals surface area contributed by atoms with E-state index in [0.29, 0.717) is 0 Å². The standard InChI is InChI=1S/C15H19N3S/c1-2-16-15-9-12(3-6-17-15)10-18-7-4-14-13(11-18)5-8-19-14/h3,5-6,8-9H,2,4,7,10-11H2,1H3,(H,16,17). The number of rotatable bonds is 4. The topological polar surface area (TPSA) is 28.2 Å². The highest BCUT2D eigenvalue weighted by Gasteiger charge is 2.17. The van der Waals surface area contributed by atoms with Crippen LogP contribution in [0.4, 0.5) is 5.82 Å². The van der Waals surface area contributed by atoms with Crippen molar-refractivity contribution in [1.82, 2.24) is 9.88 Å². The lowest BCUT2D eigenvalue weighted by atomic mass is 10.1. The fourth-order valence-corrected chi connectivity index (χ4v) is 3.44. The van der Waals surface area contributed by atoms with Crippen LogP contribution in [0.2, 0.25) is 0 Å². The summed E-state index contributed by atoms with van der Waals surface area (Å²) in [5.41, 5.74) is 2.85. The molecule has 0 fully saturated rings. The minimum Gasteiger partial charge on any atom is -0.370 e. The van der Waals surface area contributed by atoms with E-state index in [2.05, 4.69) is 45.7 Å². The molecule has 0 unspecified atom stereocenters. The van der Waals surface area contributed by atoms with Gasteiger partial charge in [-0.1, -0.05) is 0 Å². The van der Waals surface area contributed by atoms with E-state index >= 15 is 0 Å². The minimum absolute atomic E-state index is 0.915. The number of hydrogen-bond donors (Lipinski definition) is 1. The van der Waals surface area contributed by atoms with Gasteiger partial charge in [0.2, 0.25) is 0 Å². The van der Waals surface area contributed by atoms with E-state index in [4.69, 9.17) is 0 Å². The zero-order valence-electron chi connectivity index (χ0n) is 11.2. The third kappa shape index (κ3) is 2.96. The molecule has 0 aromatic carbocycles. The molecule has 3 nitrogen and oxygen atoms in total. The highest BCUT2D eigenvalue weighted by molar-refractivity contribution is 7.10. The largest absolute Gasteiger partial charge is 0.370 e. The van der Waals surface area contributed by atoms with Crippen molar-refractivity contribution in [3.05, 3.63) is 45.8 Å². The Kier molecular flexibility index (Phi) is 3.80. The first-order valence-corrected chi connectivity index (χ1v) is 7.69. The smallest absolute Gasteiger partial charge is 0.126 e. The summed E-state index contributed by atoms with van der Waals surface area (Å²) in [7, 11) is 0. The number of fused-ring (bicyclic) bond motifs is 1. The quantitative estimate of drug-likeness (QED) is 0.927. The number of aromatic nitrogens is 1. The van der Waals surface area contributed by atoms with Gasteiger partial charge in [0.25, 0.3) is 0 Å². The molecule has 100 valence electrons. The molecule has 3 heterocycles. The molecule has 1 aliphatic rings. The number of nitrogens with zero attached hydrogens (tertiary/aromatic N) is 2. The van der Waals surface area contributed by atoms with Crippen molar-refractivity contribution in [3.8, 4) is 0 Å². The van der Waals surface area contributed by atoms with Crippen LogP contribution in [0.5, 0.6) is 0 Å². The zero-order chi connectivity index (χ0) is 13.1. The zero-order valence-corrected chi connectivity index (χ0v) is 12.0. The van der Waals surface area contributed by atoms with Crippen LogP contribution in [-0.4, -0.2) is 23.0 Å². The summed E-state index contributed by atoms with van der Waals surface area (Å²) in [5.74, 6) is 0.980. The number of pyridine rings is 1. The van der Waals surface area contributed by atoms with Gasteiger partial charge in [-0.2, -0.15) is 0 Å². The lowest BCUT2D eigenvalue weighted by Crippen LogP contribution is -2.29. The van der Waals surface area contributed by atoms with Crippen LogP contribution < -0.4 is 5.32 Å². The second-order valence-electron chi connectivity index (χ2n) is 4.91. The first kappa shape index (κ1) is 12.6. The summed E-state index contributed by atoms with van der Waals surface area (Å²) >= 11 is 1.90. The molecular weight excluding hydrogens is 254 g/mol. The predicted octanol–water partition coefficient (Wildman–Crippen LogP) is 3.13. The Bertz CT molecular complexity index is 550. The third-order valence-electron chi connectivity index (χ3n) is 3.48. The van der Waals surface area contributed by atoms with Gasteiger partial charge < -0.3 is 5.32 Å². The third-order valence-corrected chi connectivity index (χ3v) is 4.50. The number of nitrogens with one attached hydrogen (secondary N) is 1. The second kappa shape index (κ2) is 5.72. The summed E-state index contributed by atoms with van der Waals surface area (Å²) < 4.78 is 0. The molecule has 0 bridgehead atoms. The lowest BCUT2D eigenvalue weighted by molar-refractivity contribution is 0.247. The molecule has 0 saturated heterocycles. The Hall–Kier alpha value is -1.39. The molecule has 1 N–H and O–H groups in total. The van der Waals surface area contributed by atoms with Gasteiger partial charge in [0.15, 0.2) is 0 Å². The van der Waals surface area contributed by atoms with Gasteiger partial charge in [-0.3, -0.25) is 4.90 Å². The van der Waals surface area contributed by atoms with Crippen molar-refractivity contribution < 1.29 is 0 Å². The van der Waals surface area contributed by atoms with Crippen molar-refractivity contribution in [2.75, 3.05) is 18.4 Å². The number of hydrogen-bond acceptors (Lipinski definition) is 4. The Balaban J connectivity index is 1.67.